The third kappa shape index (κ3) is 2.01. The van der Waals surface area contributed by atoms with Gasteiger partial charge in [0.25, 0.3) is 0 Å². The molecule has 1 heterocycles. The van der Waals surface area contributed by atoms with Gasteiger partial charge in [0.2, 0.25) is 0 Å². The fourth-order valence-electron chi connectivity index (χ4n) is 1.44. The Bertz CT molecular complexity index is 487. The summed E-state index contributed by atoms with van der Waals surface area (Å²) in [7, 11) is 1.41. The predicted octanol–water partition coefficient (Wildman–Crippen LogP) is 2.38. The monoisotopic (exact) mass is 287 g/mol. The molecule has 0 amide bonds. The van der Waals surface area contributed by atoms with Crippen LogP contribution in [0.5, 0.6) is 5.75 Å². The molecule has 0 fully saturated rings. The highest BCUT2D eigenvalue weighted by atomic mass is 79.9. The van der Waals surface area contributed by atoms with Gasteiger partial charge in [-0.25, -0.2) is 4.39 Å². The Labute approximate surface area is 102 Å². The molecule has 0 saturated heterocycles. The number of nitrogens with zero attached hydrogens (tertiary/aromatic N) is 1. The molecule has 1 aromatic heterocycles. The molecule has 0 unspecified atom stereocenters. The molecule has 86 valence electrons. The molecular formula is C10H11BrFN3O. The van der Waals surface area contributed by atoms with Crippen LogP contribution in [0.15, 0.2) is 24.4 Å². The highest BCUT2D eigenvalue weighted by molar-refractivity contribution is 8.93. The summed E-state index contributed by atoms with van der Waals surface area (Å²) in [6, 6.07) is 4.65. The molecule has 2 rings (SSSR count). The molecule has 3 N–H and O–H groups in total. The first-order chi connectivity index (χ1) is 7.24. The van der Waals surface area contributed by atoms with Crippen molar-refractivity contribution in [1.82, 2.24) is 10.2 Å². The number of nitrogen functional groups attached to an aromatic ring is 1. The van der Waals surface area contributed by atoms with Crippen LogP contribution in [0, 0.1) is 5.82 Å². The molecule has 0 aliphatic carbocycles. The minimum absolute atomic E-state index is 0. The first kappa shape index (κ1) is 12.5. The Morgan fingerprint density at radius 2 is 2.12 bits per heavy atom. The second kappa shape index (κ2) is 4.98. The predicted molar refractivity (Wildman–Crippen MR) is 65.3 cm³/mol. The number of rotatable bonds is 2. The lowest BCUT2D eigenvalue weighted by Crippen LogP contribution is -1.93. The van der Waals surface area contributed by atoms with Gasteiger partial charge in [-0.15, -0.1) is 17.0 Å². The van der Waals surface area contributed by atoms with Crippen molar-refractivity contribution in [2.45, 2.75) is 0 Å². The normalized spacial score (nSPS) is 9.62. The lowest BCUT2D eigenvalue weighted by molar-refractivity contribution is 0.388. The Morgan fingerprint density at radius 1 is 1.38 bits per heavy atom. The summed E-state index contributed by atoms with van der Waals surface area (Å²) in [6.45, 7) is 0. The van der Waals surface area contributed by atoms with Gasteiger partial charge in [0.15, 0.2) is 11.6 Å². The summed E-state index contributed by atoms with van der Waals surface area (Å²) in [6.07, 6.45) is 1.53. The van der Waals surface area contributed by atoms with Crippen molar-refractivity contribution in [3.63, 3.8) is 0 Å². The maximum atomic E-state index is 13.4. The first-order valence-electron chi connectivity index (χ1n) is 4.35. The molecule has 0 aliphatic rings. The smallest absolute Gasteiger partial charge is 0.165 e. The van der Waals surface area contributed by atoms with Crippen molar-refractivity contribution >= 4 is 22.8 Å². The van der Waals surface area contributed by atoms with Crippen LogP contribution in [0.2, 0.25) is 0 Å². The lowest BCUT2D eigenvalue weighted by atomic mass is 10.1. The van der Waals surface area contributed by atoms with E-state index in [1.165, 1.54) is 19.4 Å². The minimum Gasteiger partial charge on any atom is -0.493 e. The summed E-state index contributed by atoms with van der Waals surface area (Å²) in [5.41, 5.74) is 6.87. The van der Waals surface area contributed by atoms with Crippen LogP contribution < -0.4 is 10.5 Å². The van der Waals surface area contributed by atoms with Crippen LogP contribution in [-0.4, -0.2) is 17.3 Å². The van der Waals surface area contributed by atoms with Gasteiger partial charge in [-0.05, 0) is 6.07 Å². The Kier molecular flexibility index (Phi) is 3.89. The number of halogens is 2. The van der Waals surface area contributed by atoms with Crippen molar-refractivity contribution in [1.29, 1.82) is 0 Å². The maximum Gasteiger partial charge on any atom is 0.165 e. The van der Waals surface area contributed by atoms with E-state index in [-0.39, 0.29) is 22.7 Å². The van der Waals surface area contributed by atoms with Crippen LogP contribution in [0.1, 0.15) is 0 Å². The third-order valence-corrected chi connectivity index (χ3v) is 2.13. The molecule has 0 saturated carbocycles. The fraction of sp³-hybridized carbons (Fsp3) is 0.100. The number of anilines is 1. The second-order valence-corrected chi connectivity index (χ2v) is 3.02. The van der Waals surface area contributed by atoms with E-state index in [9.17, 15) is 4.39 Å². The standard InChI is InChI=1S/C10H10FN3O.BrH/c1-15-9-6(3-2-4-8(9)11)7-5-13-14-10(7)12;/h2-5H,1H3,(H3,12,13,14);1H. The van der Waals surface area contributed by atoms with Crippen molar-refractivity contribution in [2.24, 2.45) is 0 Å². The highest BCUT2D eigenvalue weighted by Gasteiger charge is 2.13. The average Bonchev–Trinajstić information content (AvgIpc) is 2.64. The zero-order chi connectivity index (χ0) is 10.8. The molecule has 0 bridgehead atoms. The molecule has 2 aromatic rings. The number of ether oxygens (including phenoxy) is 1. The molecule has 0 spiro atoms. The third-order valence-electron chi connectivity index (χ3n) is 2.13. The number of hydrogen-bond acceptors (Lipinski definition) is 3. The highest BCUT2D eigenvalue weighted by Crippen LogP contribution is 2.34. The topological polar surface area (TPSA) is 63.9 Å². The quantitative estimate of drug-likeness (QED) is 0.891. The first-order valence-corrected chi connectivity index (χ1v) is 4.35. The van der Waals surface area contributed by atoms with Gasteiger partial charge in [-0.3, -0.25) is 5.10 Å². The van der Waals surface area contributed by atoms with E-state index in [1.807, 2.05) is 0 Å². The molecule has 16 heavy (non-hydrogen) atoms. The van der Waals surface area contributed by atoms with Crippen LogP contribution in [0.25, 0.3) is 11.1 Å². The van der Waals surface area contributed by atoms with E-state index in [2.05, 4.69) is 10.2 Å². The van der Waals surface area contributed by atoms with Crippen molar-refractivity contribution in [3.8, 4) is 16.9 Å². The van der Waals surface area contributed by atoms with Gasteiger partial charge in [-0.1, -0.05) is 12.1 Å². The zero-order valence-electron chi connectivity index (χ0n) is 8.53. The van der Waals surface area contributed by atoms with Gasteiger partial charge in [0.05, 0.1) is 13.3 Å². The maximum absolute atomic E-state index is 13.4. The second-order valence-electron chi connectivity index (χ2n) is 3.02. The number of nitrogens with one attached hydrogen (secondary N) is 1. The molecule has 0 radical (unpaired) electrons. The number of para-hydroxylation sites is 1. The number of hydrogen-bond donors (Lipinski definition) is 2. The number of H-pyrrole nitrogens is 1. The summed E-state index contributed by atoms with van der Waals surface area (Å²) in [5, 5.41) is 6.36. The van der Waals surface area contributed by atoms with E-state index < -0.39 is 5.82 Å². The molecule has 1 aromatic carbocycles. The van der Waals surface area contributed by atoms with Crippen LogP contribution >= 0.6 is 17.0 Å². The van der Waals surface area contributed by atoms with Gasteiger partial charge >= 0.3 is 0 Å². The summed E-state index contributed by atoms with van der Waals surface area (Å²) < 4.78 is 18.4. The number of aromatic amines is 1. The van der Waals surface area contributed by atoms with Crippen molar-refractivity contribution < 1.29 is 9.13 Å². The largest absolute Gasteiger partial charge is 0.493 e. The molecule has 4 nitrogen and oxygen atoms in total. The van der Waals surface area contributed by atoms with E-state index in [4.69, 9.17) is 10.5 Å². The summed E-state index contributed by atoms with van der Waals surface area (Å²) in [4.78, 5) is 0. The fourth-order valence-corrected chi connectivity index (χ4v) is 1.44. The lowest BCUT2D eigenvalue weighted by Gasteiger charge is -2.07. The van der Waals surface area contributed by atoms with Gasteiger partial charge in [0, 0.05) is 11.1 Å². The van der Waals surface area contributed by atoms with E-state index >= 15 is 0 Å². The average molecular weight is 288 g/mol. The Morgan fingerprint density at radius 3 is 2.69 bits per heavy atom. The minimum atomic E-state index is -0.421. The van der Waals surface area contributed by atoms with E-state index in [1.54, 1.807) is 12.1 Å². The molecule has 6 heteroatoms. The molecule has 0 aliphatic heterocycles. The number of nitrogens with two attached hydrogens (primary N) is 1. The zero-order valence-corrected chi connectivity index (χ0v) is 10.2. The van der Waals surface area contributed by atoms with Crippen LogP contribution in [0.3, 0.4) is 0 Å². The van der Waals surface area contributed by atoms with Gasteiger partial charge in [-0.2, -0.15) is 5.10 Å². The number of methoxy groups -OCH3 is 1. The van der Waals surface area contributed by atoms with Gasteiger partial charge < -0.3 is 10.5 Å². The van der Waals surface area contributed by atoms with E-state index in [0.29, 0.717) is 16.9 Å². The van der Waals surface area contributed by atoms with E-state index in [0.717, 1.165) is 0 Å². The Hall–Kier alpha value is -1.56. The number of benzene rings is 1. The molecule has 0 atom stereocenters. The van der Waals surface area contributed by atoms with Crippen LogP contribution in [-0.2, 0) is 0 Å². The van der Waals surface area contributed by atoms with Crippen LogP contribution in [0.4, 0.5) is 10.2 Å². The SMILES string of the molecule is Br.COc1c(F)cccc1-c1cn[nH]c1N. The van der Waals surface area contributed by atoms with Crippen molar-refractivity contribution in [3.05, 3.63) is 30.2 Å². The Balaban J connectivity index is 0.00000128. The number of aromatic nitrogens is 2. The summed E-state index contributed by atoms with van der Waals surface area (Å²) in [5.74, 6) is 0.139. The van der Waals surface area contributed by atoms with Gasteiger partial charge in [0.1, 0.15) is 5.82 Å². The molecular weight excluding hydrogens is 277 g/mol. The summed E-state index contributed by atoms with van der Waals surface area (Å²) >= 11 is 0. The van der Waals surface area contributed by atoms with Crippen molar-refractivity contribution in [2.75, 3.05) is 12.8 Å².